The second-order valence-electron chi connectivity index (χ2n) is 9.85. The molecule has 0 aliphatic heterocycles. The molecule has 4 N–H and O–H groups in total. The highest BCUT2D eigenvalue weighted by Crippen LogP contribution is 2.25. The van der Waals surface area contributed by atoms with Crippen molar-refractivity contribution in [1.29, 1.82) is 0 Å². The molecular weight excluding hydrogens is 523 g/mol. The number of rotatable bonds is 11. The molecule has 12 heteroatoms. The van der Waals surface area contributed by atoms with E-state index in [0.717, 1.165) is 35.6 Å². The maximum atomic E-state index is 13.9. The number of H-pyrrole nitrogens is 1. The van der Waals surface area contributed by atoms with Crippen LogP contribution in [0.25, 0.3) is 11.3 Å². The Balaban J connectivity index is 1.32. The lowest BCUT2D eigenvalue weighted by Gasteiger charge is -2.11. The normalized spacial score (nSPS) is 11.0. The van der Waals surface area contributed by atoms with E-state index < -0.39 is 5.82 Å². The number of aryl methyl sites for hydroxylation is 1. The summed E-state index contributed by atoms with van der Waals surface area (Å²) in [6.45, 7) is 3.54. The molecule has 0 atom stereocenters. The van der Waals surface area contributed by atoms with Gasteiger partial charge in [-0.15, -0.1) is 0 Å². The van der Waals surface area contributed by atoms with E-state index in [4.69, 9.17) is 4.98 Å². The van der Waals surface area contributed by atoms with E-state index in [9.17, 15) is 9.18 Å². The summed E-state index contributed by atoms with van der Waals surface area (Å²) in [5, 5.41) is 20.7. The van der Waals surface area contributed by atoms with Crippen molar-refractivity contribution in [2.75, 3.05) is 36.6 Å². The van der Waals surface area contributed by atoms with Gasteiger partial charge in [0, 0.05) is 41.8 Å². The molecule has 0 saturated heterocycles. The summed E-state index contributed by atoms with van der Waals surface area (Å²) >= 11 is 0. The highest BCUT2D eigenvalue weighted by molar-refractivity contribution is 5.92. The molecule has 2 aromatic carbocycles. The number of carbonyl (C=O) groups is 1. The predicted octanol–water partition coefficient (Wildman–Crippen LogP) is 4.74. The SMILES string of the molecule is Cc1cc(Nc2cc(-c3cnn(CCN(C)C)c3)nc(Nc3ccc(CC(=O)Nc4ccccc4F)cc3)n2)n[nH]1. The van der Waals surface area contributed by atoms with E-state index in [0.29, 0.717) is 23.3 Å². The summed E-state index contributed by atoms with van der Waals surface area (Å²) in [5.74, 6) is 0.801. The van der Waals surface area contributed by atoms with Gasteiger partial charge >= 0.3 is 0 Å². The third-order valence-corrected chi connectivity index (χ3v) is 6.12. The Morgan fingerprint density at radius 3 is 2.56 bits per heavy atom. The standard InChI is InChI=1S/C29H31FN10O/c1-19-14-27(38-37-19)35-26-16-25(21-17-31-40(18-21)13-12-39(2)3)34-29(36-26)32-22-10-8-20(9-11-22)15-28(41)33-24-7-5-4-6-23(24)30/h4-11,14,16-18H,12-13,15H2,1-3H3,(H,33,41)(H3,32,34,35,36,37,38). The molecule has 0 aliphatic carbocycles. The molecule has 0 unspecified atom stereocenters. The minimum absolute atomic E-state index is 0.107. The first-order chi connectivity index (χ1) is 19.8. The molecule has 0 saturated carbocycles. The number of aromatic amines is 1. The van der Waals surface area contributed by atoms with Crippen molar-refractivity contribution in [2.24, 2.45) is 0 Å². The number of anilines is 5. The molecule has 0 bridgehead atoms. The van der Waals surface area contributed by atoms with Crippen LogP contribution in [0.1, 0.15) is 11.3 Å². The predicted molar refractivity (Wildman–Crippen MR) is 157 cm³/mol. The summed E-state index contributed by atoms with van der Waals surface area (Å²) in [7, 11) is 4.04. The summed E-state index contributed by atoms with van der Waals surface area (Å²) in [6, 6.07) is 17.1. The number of hydrogen-bond donors (Lipinski definition) is 4. The van der Waals surface area contributed by atoms with E-state index in [2.05, 4.69) is 41.1 Å². The first kappa shape index (κ1) is 27.5. The average Bonchev–Trinajstić information content (AvgIpc) is 3.59. The van der Waals surface area contributed by atoms with Gasteiger partial charge in [0.1, 0.15) is 11.6 Å². The van der Waals surface area contributed by atoms with Crippen LogP contribution in [0, 0.1) is 12.7 Å². The molecule has 0 spiro atoms. The largest absolute Gasteiger partial charge is 0.324 e. The molecular formula is C29H31FN10O. The fourth-order valence-electron chi connectivity index (χ4n) is 4.03. The van der Waals surface area contributed by atoms with Crippen LogP contribution < -0.4 is 16.0 Å². The summed E-state index contributed by atoms with van der Waals surface area (Å²) in [6.07, 6.45) is 3.85. The average molecular weight is 555 g/mol. The molecule has 11 nitrogen and oxygen atoms in total. The van der Waals surface area contributed by atoms with Crippen molar-refractivity contribution in [2.45, 2.75) is 19.9 Å². The van der Waals surface area contributed by atoms with E-state index >= 15 is 0 Å². The van der Waals surface area contributed by atoms with E-state index in [1.165, 1.54) is 12.1 Å². The van der Waals surface area contributed by atoms with Crippen molar-refractivity contribution in [3.63, 3.8) is 0 Å². The summed E-state index contributed by atoms with van der Waals surface area (Å²) < 4.78 is 15.7. The molecule has 3 aromatic heterocycles. The molecule has 5 rings (SSSR count). The Labute approximate surface area is 236 Å². The molecule has 210 valence electrons. The van der Waals surface area contributed by atoms with Crippen LogP contribution >= 0.6 is 0 Å². The molecule has 3 heterocycles. The van der Waals surface area contributed by atoms with Crippen molar-refractivity contribution >= 4 is 34.9 Å². The number of nitrogens with zero attached hydrogens (tertiary/aromatic N) is 6. The van der Waals surface area contributed by atoms with Crippen LogP contribution in [0.3, 0.4) is 0 Å². The monoisotopic (exact) mass is 554 g/mol. The Kier molecular flexibility index (Phi) is 8.30. The maximum Gasteiger partial charge on any atom is 0.229 e. The highest BCUT2D eigenvalue weighted by atomic mass is 19.1. The van der Waals surface area contributed by atoms with Gasteiger partial charge in [0.05, 0.1) is 30.5 Å². The zero-order valence-corrected chi connectivity index (χ0v) is 23.0. The second kappa shape index (κ2) is 12.4. The van der Waals surface area contributed by atoms with E-state index in [1.54, 1.807) is 18.3 Å². The number of para-hydroxylation sites is 1. The van der Waals surface area contributed by atoms with Crippen LogP contribution in [-0.4, -0.2) is 61.4 Å². The minimum Gasteiger partial charge on any atom is -0.324 e. The number of nitrogens with one attached hydrogen (secondary N) is 4. The molecule has 1 amide bonds. The third-order valence-electron chi connectivity index (χ3n) is 6.12. The molecule has 0 fully saturated rings. The van der Waals surface area contributed by atoms with Crippen molar-refractivity contribution in [3.8, 4) is 11.3 Å². The van der Waals surface area contributed by atoms with Gasteiger partial charge in [0.15, 0.2) is 5.82 Å². The van der Waals surface area contributed by atoms with E-state index in [-0.39, 0.29) is 18.0 Å². The van der Waals surface area contributed by atoms with Crippen molar-refractivity contribution in [3.05, 3.63) is 90.1 Å². The number of halogens is 1. The van der Waals surface area contributed by atoms with Crippen LogP contribution in [-0.2, 0) is 17.8 Å². The lowest BCUT2D eigenvalue weighted by Crippen LogP contribution is -2.18. The lowest BCUT2D eigenvalue weighted by atomic mass is 10.1. The smallest absolute Gasteiger partial charge is 0.229 e. The number of amides is 1. The quantitative estimate of drug-likeness (QED) is 0.184. The maximum absolute atomic E-state index is 13.9. The van der Waals surface area contributed by atoms with E-state index in [1.807, 2.05) is 68.3 Å². The summed E-state index contributed by atoms with van der Waals surface area (Å²) in [4.78, 5) is 23.9. The number of aromatic nitrogens is 6. The fourth-order valence-corrected chi connectivity index (χ4v) is 4.03. The van der Waals surface area contributed by atoms with Crippen LogP contribution in [0.5, 0.6) is 0 Å². The van der Waals surface area contributed by atoms with Crippen LogP contribution in [0.15, 0.2) is 73.1 Å². The third kappa shape index (κ3) is 7.51. The zero-order chi connectivity index (χ0) is 28.8. The molecule has 5 aromatic rings. The fraction of sp³-hybridized carbons (Fsp3) is 0.207. The van der Waals surface area contributed by atoms with Gasteiger partial charge in [-0.05, 0) is 50.8 Å². The topological polar surface area (TPSA) is 129 Å². The summed E-state index contributed by atoms with van der Waals surface area (Å²) in [5.41, 5.74) is 4.14. The van der Waals surface area contributed by atoms with Gasteiger partial charge in [-0.2, -0.15) is 15.2 Å². The Morgan fingerprint density at radius 2 is 1.83 bits per heavy atom. The number of likely N-dealkylation sites (N-methyl/N-ethyl adjacent to an activating group) is 1. The Bertz CT molecular complexity index is 1630. The lowest BCUT2D eigenvalue weighted by molar-refractivity contribution is -0.115. The number of benzene rings is 2. The first-order valence-corrected chi connectivity index (χ1v) is 13.1. The highest BCUT2D eigenvalue weighted by Gasteiger charge is 2.12. The van der Waals surface area contributed by atoms with Crippen molar-refractivity contribution < 1.29 is 9.18 Å². The Morgan fingerprint density at radius 1 is 1.02 bits per heavy atom. The number of hydrogen-bond acceptors (Lipinski definition) is 8. The molecule has 0 radical (unpaired) electrons. The molecule has 41 heavy (non-hydrogen) atoms. The number of carbonyl (C=O) groups excluding carboxylic acids is 1. The Hall–Kier alpha value is -5.10. The zero-order valence-electron chi connectivity index (χ0n) is 23.0. The van der Waals surface area contributed by atoms with Gasteiger partial charge in [0.2, 0.25) is 11.9 Å². The minimum atomic E-state index is -0.472. The van der Waals surface area contributed by atoms with Gasteiger partial charge < -0.3 is 20.9 Å². The molecule has 0 aliphatic rings. The van der Waals surface area contributed by atoms with Gasteiger partial charge in [0.25, 0.3) is 0 Å². The van der Waals surface area contributed by atoms with Gasteiger partial charge in [-0.25, -0.2) is 9.37 Å². The van der Waals surface area contributed by atoms with Gasteiger partial charge in [-0.1, -0.05) is 24.3 Å². The van der Waals surface area contributed by atoms with Crippen LogP contribution in [0.4, 0.5) is 33.3 Å². The second-order valence-corrected chi connectivity index (χ2v) is 9.85. The van der Waals surface area contributed by atoms with Gasteiger partial charge in [-0.3, -0.25) is 14.6 Å². The van der Waals surface area contributed by atoms with Crippen LogP contribution in [0.2, 0.25) is 0 Å². The van der Waals surface area contributed by atoms with Crippen molar-refractivity contribution in [1.82, 2.24) is 34.8 Å². The first-order valence-electron chi connectivity index (χ1n) is 13.1.